The number of anilines is 1. The quantitative estimate of drug-likeness (QED) is 0.526. The van der Waals surface area contributed by atoms with Gasteiger partial charge in [0.1, 0.15) is 5.00 Å². The predicted molar refractivity (Wildman–Crippen MR) is 122 cm³/mol. The standard InChI is InChI=1S/C21H30N4O2S2/c1-5-27-20(26)18-15-10-8-6-7-9-11-17(15)29-19(18)24-21(28)23-13(2)16-12-22-25(4)14(16)3/h12-13H,5-11H2,1-4H3,(H2,23,24,28). The van der Waals surface area contributed by atoms with Crippen LogP contribution in [0.5, 0.6) is 0 Å². The molecule has 2 N–H and O–H groups in total. The minimum absolute atomic E-state index is 0.00994. The molecule has 1 atom stereocenters. The highest BCUT2D eigenvalue weighted by molar-refractivity contribution is 7.80. The maximum atomic E-state index is 12.7. The Balaban J connectivity index is 1.81. The van der Waals surface area contributed by atoms with Crippen molar-refractivity contribution in [2.75, 3.05) is 11.9 Å². The first-order valence-electron chi connectivity index (χ1n) is 10.3. The summed E-state index contributed by atoms with van der Waals surface area (Å²) in [6.45, 7) is 6.29. The van der Waals surface area contributed by atoms with Crippen molar-refractivity contribution >= 4 is 39.6 Å². The molecule has 158 valence electrons. The van der Waals surface area contributed by atoms with Crippen molar-refractivity contribution < 1.29 is 9.53 Å². The summed E-state index contributed by atoms with van der Waals surface area (Å²) in [4.78, 5) is 14.0. The second-order valence-corrected chi connectivity index (χ2v) is 8.99. The van der Waals surface area contributed by atoms with Crippen molar-refractivity contribution in [3.63, 3.8) is 0 Å². The van der Waals surface area contributed by atoms with Crippen molar-refractivity contribution in [2.45, 2.75) is 65.3 Å². The van der Waals surface area contributed by atoms with Crippen LogP contribution in [0.2, 0.25) is 0 Å². The summed E-state index contributed by atoms with van der Waals surface area (Å²) in [6.07, 6.45) is 8.52. The molecule has 3 rings (SSSR count). The molecule has 1 aliphatic carbocycles. The van der Waals surface area contributed by atoms with Gasteiger partial charge in [0.25, 0.3) is 0 Å². The molecule has 0 bridgehead atoms. The number of ether oxygens (including phenoxy) is 1. The Morgan fingerprint density at radius 2 is 2.07 bits per heavy atom. The van der Waals surface area contributed by atoms with E-state index in [1.54, 1.807) is 11.3 Å². The van der Waals surface area contributed by atoms with Gasteiger partial charge in [0, 0.05) is 23.2 Å². The number of aryl methyl sites for hydroxylation is 2. The summed E-state index contributed by atoms with van der Waals surface area (Å²) in [7, 11) is 1.93. The van der Waals surface area contributed by atoms with Crippen LogP contribution >= 0.6 is 23.6 Å². The maximum Gasteiger partial charge on any atom is 0.341 e. The molecule has 29 heavy (non-hydrogen) atoms. The summed E-state index contributed by atoms with van der Waals surface area (Å²) in [6, 6.07) is 0.00994. The number of carbonyl (C=O) groups is 1. The van der Waals surface area contributed by atoms with Gasteiger partial charge in [-0.15, -0.1) is 11.3 Å². The van der Waals surface area contributed by atoms with Gasteiger partial charge in [0.2, 0.25) is 0 Å². The summed E-state index contributed by atoms with van der Waals surface area (Å²) >= 11 is 7.21. The summed E-state index contributed by atoms with van der Waals surface area (Å²) in [5.41, 5.74) is 4.01. The number of nitrogens with zero attached hydrogens (tertiary/aromatic N) is 2. The molecule has 2 aromatic rings. The minimum atomic E-state index is -0.257. The highest BCUT2D eigenvalue weighted by Gasteiger charge is 2.26. The smallest absolute Gasteiger partial charge is 0.341 e. The van der Waals surface area contributed by atoms with E-state index >= 15 is 0 Å². The molecule has 0 saturated carbocycles. The normalized spacial score (nSPS) is 15.0. The predicted octanol–water partition coefficient (Wildman–Crippen LogP) is 4.67. The molecular weight excluding hydrogens is 404 g/mol. The van der Waals surface area contributed by atoms with Crippen molar-refractivity contribution in [1.29, 1.82) is 0 Å². The van der Waals surface area contributed by atoms with E-state index in [0.717, 1.165) is 47.5 Å². The lowest BCUT2D eigenvalue weighted by Gasteiger charge is -2.17. The number of thiophene rings is 1. The van der Waals surface area contributed by atoms with Crippen molar-refractivity contribution in [3.05, 3.63) is 33.5 Å². The molecule has 1 unspecified atom stereocenters. The van der Waals surface area contributed by atoms with Crippen LogP contribution in [-0.4, -0.2) is 27.5 Å². The third kappa shape index (κ3) is 4.98. The third-order valence-corrected chi connectivity index (χ3v) is 6.89. The molecule has 8 heteroatoms. The van der Waals surface area contributed by atoms with Crippen molar-refractivity contribution in [3.8, 4) is 0 Å². The molecule has 6 nitrogen and oxygen atoms in total. The van der Waals surface area contributed by atoms with Crippen LogP contribution in [0.4, 0.5) is 5.00 Å². The van der Waals surface area contributed by atoms with Crippen molar-refractivity contribution in [1.82, 2.24) is 15.1 Å². The Morgan fingerprint density at radius 1 is 1.34 bits per heavy atom. The lowest BCUT2D eigenvalue weighted by Crippen LogP contribution is -2.31. The topological polar surface area (TPSA) is 68.2 Å². The number of carbonyl (C=O) groups excluding carboxylic acids is 1. The van der Waals surface area contributed by atoms with Crippen LogP contribution in [0.15, 0.2) is 6.20 Å². The van der Waals surface area contributed by atoms with E-state index in [-0.39, 0.29) is 12.0 Å². The number of thiocarbonyl (C=S) groups is 1. The Kier molecular flexibility index (Phi) is 7.29. The van der Waals surface area contributed by atoms with Gasteiger partial charge in [-0.2, -0.15) is 5.10 Å². The van der Waals surface area contributed by atoms with Crippen LogP contribution < -0.4 is 10.6 Å². The van der Waals surface area contributed by atoms with Gasteiger partial charge >= 0.3 is 5.97 Å². The SMILES string of the molecule is CCOC(=O)c1c(NC(=S)NC(C)c2cnn(C)c2C)sc2c1CCCCCC2. The Morgan fingerprint density at radius 3 is 2.72 bits per heavy atom. The summed E-state index contributed by atoms with van der Waals surface area (Å²) < 4.78 is 7.22. The molecule has 2 heterocycles. The van der Waals surface area contributed by atoms with E-state index in [4.69, 9.17) is 17.0 Å². The largest absolute Gasteiger partial charge is 0.462 e. The lowest BCUT2D eigenvalue weighted by molar-refractivity contribution is 0.0526. The number of esters is 1. The number of hydrogen-bond donors (Lipinski definition) is 2. The van der Waals surface area contributed by atoms with Gasteiger partial charge in [-0.1, -0.05) is 12.8 Å². The molecule has 0 aromatic carbocycles. The van der Waals surface area contributed by atoms with Gasteiger partial charge in [0.05, 0.1) is 24.4 Å². The molecule has 0 aliphatic heterocycles. The first-order valence-corrected chi connectivity index (χ1v) is 11.5. The van der Waals surface area contributed by atoms with Crippen LogP contribution in [0, 0.1) is 6.92 Å². The molecule has 0 spiro atoms. The lowest BCUT2D eigenvalue weighted by atomic mass is 9.96. The van der Waals surface area contributed by atoms with Gasteiger partial charge in [-0.25, -0.2) is 4.79 Å². The van der Waals surface area contributed by atoms with E-state index in [9.17, 15) is 4.79 Å². The van der Waals surface area contributed by atoms with E-state index < -0.39 is 0 Å². The molecule has 0 fully saturated rings. The van der Waals surface area contributed by atoms with Crippen molar-refractivity contribution in [2.24, 2.45) is 7.05 Å². The fourth-order valence-corrected chi connectivity index (χ4v) is 5.41. The number of fused-ring (bicyclic) bond motifs is 1. The zero-order valence-electron chi connectivity index (χ0n) is 17.6. The van der Waals surface area contributed by atoms with Gasteiger partial charge in [-0.3, -0.25) is 4.68 Å². The molecular formula is C21H30N4O2S2. The highest BCUT2D eigenvalue weighted by Crippen LogP contribution is 2.37. The monoisotopic (exact) mass is 434 g/mol. The molecule has 0 radical (unpaired) electrons. The zero-order valence-corrected chi connectivity index (χ0v) is 19.3. The Hall–Kier alpha value is -1.93. The fourth-order valence-electron chi connectivity index (χ4n) is 3.78. The van der Waals surface area contributed by atoms with E-state index in [1.165, 1.54) is 17.7 Å². The second kappa shape index (κ2) is 9.71. The van der Waals surface area contributed by atoms with Crippen LogP contribution in [0.25, 0.3) is 0 Å². The fraction of sp³-hybridized carbons (Fsp3) is 0.571. The Labute approximate surface area is 182 Å². The maximum absolute atomic E-state index is 12.7. The van der Waals surface area contributed by atoms with Crippen LogP contribution in [-0.2, 0) is 24.6 Å². The zero-order chi connectivity index (χ0) is 21.0. The number of nitrogens with one attached hydrogen (secondary N) is 2. The number of hydrogen-bond acceptors (Lipinski definition) is 5. The number of aromatic nitrogens is 2. The van der Waals surface area contributed by atoms with Crippen LogP contribution in [0.1, 0.15) is 77.6 Å². The van der Waals surface area contributed by atoms with E-state index in [0.29, 0.717) is 17.3 Å². The first-order chi connectivity index (χ1) is 13.9. The van der Waals surface area contributed by atoms with Gasteiger partial charge < -0.3 is 15.4 Å². The molecule has 1 aliphatic rings. The van der Waals surface area contributed by atoms with Gasteiger partial charge in [-0.05, 0) is 64.2 Å². The van der Waals surface area contributed by atoms with E-state index in [1.807, 2.05) is 31.8 Å². The van der Waals surface area contributed by atoms with Crippen LogP contribution in [0.3, 0.4) is 0 Å². The molecule has 0 amide bonds. The first kappa shape index (κ1) is 21.8. The highest BCUT2D eigenvalue weighted by atomic mass is 32.1. The molecule has 0 saturated heterocycles. The van der Waals surface area contributed by atoms with Gasteiger partial charge in [0.15, 0.2) is 5.11 Å². The summed E-state index contributed by atoms with van der Waals surface area (Å²) in [5.74, 6) is -0.257. The third-order valence-electron chi connectivity index (χ3n) is 5.47. The average molecular weight is 435 g/mol. The average Bonchev–Trinajstić information content (AvgIpc) is 3.15. The minimum Gasteiger partial charge on any atom is -0.462 e. The molecule has 2 aromatic heterocycles. The summed E-state index contributed by atoms with van der Waals surface area (Å²) in [5, 5.41) is 12.2. The second-order valence-electron chi connectivity index (χ2n) is 7.47. The number of rotatable bonds is 5. The Bertz CT molecular complexity index is 888. The van der Waals surface area contributed by atoms with E-state index in [2.05, 4.69) is 22.7 Å².